The zero-order valence-corrected chi connectivity index (χ0v) is 15.6. The van der Waals surface area contributed by atoms with Crippen molar-refractivity contribution < 1.29 is 14.2 Å². The Morgan fingerprint density at radius 3 is 2.12 bits per heavy atom. The number of rotatable bonds is 7. The van der Waals surface area contributed by atoms with Crippen LogP contribution in [0.15, 0.2) is 54.6 Å². The molecule has 0 aliphatic carbocycles. The van der Waals surface area contributed by atoms with Crippen LogP contribution in [-0.2, 0) is 9.09 Å². The molecule has 0 saturated heterocycles. The highest BCUT2D eigenvalue weighted by Gasteiger charge is 2.36. The first-order chi connectivity index (χ1) is 11.3. The molecular formula is C19H26NO3P. The van der Waals surface area contributed by atoms with E-state index in [2.05, 4.69) is 0 Å². The van der Waals surface area contributed by atoms with E-state index in [1.807, 2.05) is 63.2 Å². The van der Waals surface area contributed by atoms with Crippen molar-refractivity contribution in [2.75, 3.05) is 25.6 Å². The van der Waals surface area contributed by atoms with Crippen molar-refractivity contribution in [3.05, 3.63) is 60.2 Å². The van der Waals surface area contributed by atoms with Gasteiger partial charge in [0.25, 0.3) is 7.37 Å². The molecule has 0 aromatic heterocycles. The Kier molecular flexibility index (Phi) is 6.22. The summed E-state index contributed by atoms with van der Waals surface area (Å²) in [4.78, 5) is 1.97. The fourth-order valence-electron chi connectivity index (χ4n) is 2.33. The van der Waals surface area contributed by atoms with Crippen LogP contribution in [0.5, 0.6) is 0 Å². The fourth-order valence-corrected chi connectivity index (χ4v) is 4.55. The molecule has 0 aliphatic heterocycles. The smallest absolute Gasteiger partial charge is 0.264 e. The van der Waals surface area contributed by atoms with E-state index >= 15 is 0 Å². The van der Waals surface area contributed by atoms with Crippen LogP contribution < -0.4 is 10.2 Å². The van der Waals surface area contributed by atoms with Crippen LogP contribution in [0, 0.1) is 5.92 Å². The number of nitrogens with zero attached hydrogens (tertiary/aromatic N) is 1. The van der Waals surface area contributed by atoms with Gasteiger partial charge in [-0.15, -0.1) is 0 Å². The predicted octanol–water partition coefficient (Wildman–Crippen LogP) is 4.02. The van der Waals surface area contributed by atoms with Crippen molar-refractivity contribution in [2.24, 2.45) is 5.92 Å². The Morgan fingerprint density at radius 2 is 1.62 bits per heavy atom. The number of anilines is 1. The van der Waals surface area contributed by atoms with Gasteiger partial charge in [-0.3, -0.25) is 4.57 Å². The Bertz CT molecular complexity index is 684. The van der Waals surface area contributed by atoms with Crippen LogP contribution in [0.1, 0.15) is 25.3 Å². The van der Waals surface area contributed by atoms with Gasteiger partial charge in [0, 0.05) is 25.1 Å². The van der Waals surface area contributed by atoms with Gasteiger partial charge in [0.05, 0.1) is 6.61 Å². The first-order valence-electron chi connectivity index (χ1n) is 8.10. The monoisotopic (exact) mass is 347 g/mol. The van der Waals surface area contributed by atoms with Gasteiger partial charge in [-0.2, -0.15) is 0 Å². The lowest BCUT2D eigenvalue weighted by Gasteiger charge is -2.26. The van der Waals surface area contributed by atoms with Crippen LogP contribution in [0.3, 0.4) is 0 Å². The maximum absolute atomic E-state index is 13.6. The second-order valence-corrected chi connectivity index (χ2v) is 8.94. The highest BCUT2D eigenvalue weighted by Crippen LogP contribution is 2.57. The van der Waals surface area contributed by atoms with E-state index in [-0.39, 0.29) is 5.92 Å². The average molecular weight is 347 g/mol. The number of hydrogen-bond acceptors (Lipinski definition) is 4. The van der Waals surface area contributed by atoms with Crippen molar-refractivity contribution in [3.63, 3.8) is 0 Å². The van der Waals surface area contributed by atoms with Gasteiger partial charge in [0.1, 0.15) is 0 Å². The van der Waals surface area contributed by atoms with E-state index in [1.165, 1.54) is 0 Å². The molecule has 0 fully saturated rings. The molecule has 2 rings (SSSR count). The van der Waals surface area contributed by atoms with Crippen molar-refractivity contribution in [3.8, 4) is 0 Å². The molecule has 1 N–H and O–H groups in total. The van der Waals surface area contributed by atoms with Gasteiger partial charge in [-0.25, -0.2) is 0 Å². The zero-order valence-electron chi connectivity index (χ0n) is 14.7. The lowest BCUT2D eigenvalue weighted by Crippen LogP contribution is -2.17. The van der Waals surface area contributed by atoms with E-state index in [0.717, 1.165) is 5.69 Å². The minimum absolute atomic E-state index is 0.224. The summed E-state index contributed by atoms with van der Waals surface area (Å²) in [5.41, 5.74) is 1.60. The van der Waals surface area contributed by atoms with Crippen LogP contribution in [0.25, 0.3) is 0 Å². The Labute approximate surface area is 144 Å². The van der Waals surface area contributed by atoms with Gasteiger partial charge in [-0.05, 0) is 35.7 Å². The third kappa shape index (κ3) is 4.27. The molecule has 2 atom stereocenters. The van der Waals surface area contributed by atoms with Crippen molar-refractivity contribution in [1.29, 1.82) is 0 Å². The molecule has 0 aliphatic rings. The van der Waals surface area contributed by atoms with Gasteiger partial charge >= 0.3 is 0 Å². The van der Waals surface area contributed by atoms with E-state index in [4.69, 9.17) is 4.52 Å². The third-order valence-electron chi connectivity index (χ3n) is 3.75. The Morgan fingerprint density at radius 1 is 1.04 bits per heavy atom. The molecule has 0 unspecified atom stereocenters. The number of aliphatic hydroxyl groups excluding tert-OH is 1. The van der Waals surface area contributed by atoms with Crippen LogP contribution in [0.2, 0.25) is 0 Å². The zero-order chi connectivity index (χ0) is 17.7. The van der Waals surface area contributed by atoms with Gasteiger partial charge in [0.15, 0.2) is 5.85 Å². The Hall–Kier alpha value is -1.61. The molecule has 24 heavy (non-hydrogen) atoms. The standard InChI is InChI=1S/C19H26NO3P/c1-15(2)14-23-24(22,19(21)16-8-6-5-7-9-16)18-12-10-17(11-13-18)20(3)4/h5-13,15,19,21H,14H2,1-4H3/t19-,24-/m1/s1. The third-order valence-corrected chi connectivity index (χ3v) is 6.24. The number of benzene rings is 2. The molecule has 0 spiro atoms. The second kappa shape index (κ2) is 7.98. The van der Waals surface area contributed by atoms with Gasteiger partial charge in [0.2, 0.25) is 0 Å². The molecule has 2 aromatic carbocycles. The summed E-state index contributed by atoms with van der Waals surface area (Å²) in [6.07, 6.45) is 0. The van der Waals surface area contributed by atoms with Crippen molar-refractivity contribution in [2.45, 2.75) is 19.7 Å². The molecule has 0 saturated carbocycles. The first kappa shape index (κ1) is 18.7. The number of aliphatic hydroxyl groups is 1. The summed E-state index contributed by atoms with van der Waals surface area (Å²) >= 11 is 0. The predicted molar refractivity (Wildman–Crippen MR) is 100 cm³/mol. The molecule has 0 amide bonds. The Balaban J connectivity index is 2.41. The SMILES string of the molecule is CC(C)CO[P@](=O)(c1ccc(N(C)C)cc1)[C@@H](O)c1ccccc1. The fraction of sp³-hybridized carbons (Fsp3) is 0.368. The molecular weight excluding hydrogens is 321 g/mol. The summed E-state index contributed by atoms with van der Waals surface area (Å²) in [6, 6.07) is 16.4. The highest BCUT2D eigenvalue weighted by molar-refractivity contribution is 7.67. The second-order valence-electron chi connectivity index (χ2n) is 6.48. The summed E-state index contributed by atoms with van der Waals surface area (Å²) in [7, 11) is 0.443. The lowest BCUT2D eigenvalue weighted by atomic mass is 10.2. The van der Waals surface area contributed by atoms with E-state index in [1.54, 1.807) is 24.3 Å². The largest absolute Gasteiger partial charge is 0.378 e. The molecule has 0 heterocycles. The maximum atomic E-state index is 13.6. The quantitative estimate of drug-likeness (QED) is 0.769. The molecule has 4 nitrogen and oxygen atoms in total. The molecule has 130 valence electrons. The minimum Gasteiger partial charge on any atom is -0.378 e. The summed E-state index contributed by atoms with van der Waals surface area (Å²) in [5.74, 6) is -0.954. The molecule has 0 bridgehead atoms. The lowest BCUT2D eigenvalue weighted by molar-refractivity contribution is 0.203. The van der Waals surface area contributed by atoms with Crippen LogP contribution in [0.4, 0.5) is 5.69 Å². The molecule has 5 heteroatoms. The van der Waals surface area contributed by atoms with Crippen molar-refractivity contribution in [1.82, 2.24) is 0 Å². The maximum Gasteiger partial charge on any atom is 0.264 e. The molecule has 2 aromatic rings. The van der Waals surface area contributed by atoms with E-state index < -0.39 is 13.2 Å². The van der Waals surface area contributed by atoms with Gasteiger partial charge in [-0.1, -0.05) is 44.2 Å². The summed E-state index contributed by atoms with van der Waals surface area (Å²) in [6.45, 7) is 4.32. The van der Waals surface area contributed by atoms with Gasteiger partial charge < -0.3 is 14.5 Å². The van der Waals surface area contributed by atoms with Crippen LogP contribution >= 0.6 is 7.37 Å². The summed E-state index contributed by atoms with van der Waals surface area (Å²) < 4.78 is 19.4. The first-order valence-corrected chi connectivity index (χ1v) is 9.79. The van der Waals surface area contributed by atoms with E-state index in [9.17, 15) is 9.67 Å². The average Bonchev–Trinajstić information content (AvgIpc) is 2.59. The highest BCUT2D eigenvalue weighted by atomic mass is 31.2. The minimum atomic E-state index is -3.45. The molecule has 0 radical (unpaired) electrons. The summed E-state index contributed by atoms with van der Waals surface area (Å²) in [5, 5.41) is 11.3. The van der Waals surface area contributed by atoms with Crippen LogP contribution in [-0.4, -0.2) is 25.8 Å². The topological polar surface area (TPSA) is 49.8 Å². The van der Waals surface area contributed by atoms with E-state index in [0.29, 0.717) is 17.5 Å². The van der Waals surface area contributed by atoms with Crippen molar-refractivity contribution >= 4 is 18.4 Å². The number of hydrogen-bond donors (Lipinski definition) is 1. The normalized spacial score (nSPS) is 15.1.